The van der Waals surface area contributed by atoms with Gasteiger partial charge in [0.25, 0.3) is 0 Å². The van der Waals surface area contributed by atoms with Crippen LogP contribution in [0.25, 0.3) is 0 Å². The Balaban J connectivity index is 2.00. The van der Waals surface area contributed by atoms with Crippen molar-refractivity contribution in [2.75, 3.05) is 0 Å². The number of carbonyl (C=O) groups is 2. The summed E-state index contributed by atoms with van der Waals surface area (Å²) in [5, 5.41) is 2.80. The van der Waals surface area contributed by atoms with Gasteiger partial charge in [-0.25, -0.2) is 4.79 Å². The van der Waals surface area contributed by atoms with Crippen LogP contribution in [0.15, 0.2) is 0 Å². The molecule has 0 saturated heterocycles. The predicted molar refractivity (Wildman–Crippen MR) is 63.6 cm³/mol. The number of carbonyl (C=O) groups excluding carboxylic acids is 2. The van der Waals surface area contributed by atoms with Crippen molar-refractivity contribution in [2.24, 2.45) is 11.8 Å². The fourth-order valence-corrected chi connectivity index (χ4v) is 2.86. The Hall–Kier alpha value is -1.06. The normalized spacial score (nSPS) is 35.7. The van der Waals surface area contributed by atoms with Gasteiger partial charge in [0, 0.05) is 0 Å². The third-order valence-electron chi connectivity index (χ3n) is 3.69. The number of ether oxygens (including phenoxy) is 1. The molecule has 17 heavy (non-hydrogen) atoms. The summed E-state index contributed by atoms with van der Waals surface area (Å²) in [4.78, 5) is 23.1. The summed E-state index contributed by atoms with van der Waals surface area (Å²) in [6.07, 6.45) is 4.45. The molecule has 0 bridgehead atoms. The largest absolute Gasteiger partial charge is 0.444 e. The second-order valence-corrected chi connectivity index (χ2v) is 6.28. The maximum absolute atomic E-state index is 11.8. The van der Waals surface area contributed by atoms with Crippen molar-refractivity contribution in [1.82, 2.24) is 5.32 Å². The molecule has 4 heteroatoms. The summed E-state index contributed by atoms with van der Waals surface area (Å²) in [6.45, 7) is 5.46. The highest BCUT2D eigenvalue weighted by molar-refractivity contribution is 5.77. The van der Waals surface area contributed by atoms with Crippen molar-refractivity contribution < 1.29 is 14.3 Å². The van der Waals surface area contributed by atoms with Crippen LogP contribution in [0.3, 0.4) is 0 Å². The van der Waals surface area contributed by atoms with Crippen molar-refractivity contribution in [1.29, 1.82) is 0 Å². The molecule has 2 saturated carbocycles. The van der Waals surface area contributed by atoms with Crippen LogP contribution in [0.4, 0.5) is 4.79 Å². The smallest absolute Gasteiger partial charge is 0.408 e. The number of rotatable bonds is 2. The van der Waals surface area contributed by atoms with Gasteiger partial charge >= 0.3 is 6.09 Å². The van der Waals surface area contributed by atoms with Crippen LogP contribution >= 0.6 is 0 Å². The fourth-order valence-electron chi connectivity index (χ4n) is 2.86. The molecule has 0 heterocycles. The van der Waals surface area contributed by atoms with Crippen LogP contribution in [0, 0.1) is 11.8 Å². The van der Waals surface area contributed by atoms with E-state index in [0.717, 1.165) is 25.5 Å². The van der Waals surface area contributed by atoms with Crippen molar-refractivity contribution in [3.8, 4) is 0 Å². The lowest BCUT2D eigenvalue weighted by molar-refractivity contribution is -0.115. The van der Waals surface area contributed by atoms with Gasteiger partial charge in [-0.1, -0.05) is 6.42 Å². The molecule has 4 nitrogen and oxygen atoms in total. The molecule has 0 aromatic rings. The monoisotopic (exact) mass is 239 g/mol. The van der Waals surface area contributed by atoms with E-state index in [-0.39, 0.29) is 0 Å². The Morgan fingerprint density at radius 3 is 2.76 bits per heavy atom. The zero-order valence-electron chi connectivity index (χ0n) is 10.8. The Labute approximate surface area is 102 Å². The first-order valence-corrected chi connectivity index (χ1v) is 6.34. The highest BCUT2D eigenvalue weighted by Crippen LogP contribution is 2.54. The Morgan fingerprint density at radius 1 is 1.47 bits per heavy atom. The molecule has 2 fully saturated rings. The zero-order chi connectivity index (χ0) is 12.7. The second kappa shape index (κ2) is 4.00. The SMILES string of the molecule is CC(C)(C)OC(=O)NC1(C=O)CCCC2CC21. The molecule has 2 aliphatic rings. The van der Waals surface area contributed by atoms with Gasteiger partial charge in [0.2, 0.25) is 0 Å². The minimum absolute atomic E-state index is 0.335. The number of alkyl carbamates (subject to hydrolysis) is 1. The molecule has 3 atom stereocenters. The number of amides is 1. The molecule has 2 rings (SSSR count). The molecular formula is C13H21NO3. The molecular weight excluding hydrogens is 218 g/mol. The summed E-state index contributed by atoms with van der Waals surface area (Å²) in [5.41, 5.74) is -1.18. The van der Waals surface area contributed by atoms with Crippen LogP contribution in [-0.2, 0) is 9.53 Å². The second-order valence-electron chi connectivity index (χ2n) is 6.28. The number of aldehydes is 1. The van der Waals surface area contributed by atoms with Crippen LogP contribution in [0.1, 0.15) is 46.5 Å². The van der Waals surface area contributed by atoms with Crippen LogP contribution < -0.4 is 5.32 Å². The maximum atomic E-state index is 11.8. The van der Waals surface area contributed by atoms with Gasteiger partial charge in [-0.05, 0) is 51.9 Å². The van der Waals surface area contributed by atoms with E-state index in [1.165, 1.54) is 6.42 Å². The van der Waals surface area contributed by atoms with E-state index in [1.807, 2.05) is 20.8 Å². The van der Waals surface area contributed by atoms with Crippen LogP contribution in [0.5, 0.6) is 0 Å². The summed E-state index contributed by atoms with van der Waals surface area (Å²) < 4.78 is 5.23. The van der Waals surface area contributed by atoms with Crippen LogP contribution in [0.2, 0.25) is 0 Å². The van der Waals surface area contributed by atoms with E-state index < -0.39 is 17.2 Å². The Morgan fingerprint density at radius 2 is 2.18 bits per heavy atom. The summed E-state index contributed by atoms with van der Waals surface area (Å²) in [6, 6.07) is 0. The third-order valence-corrected chi connectivity index (χ3v) is 3.69. The van der Waals surface area contributed by atoms with Crippen molar-refractivity contribution >= 4 is 12.4 Å². The van der Waals surface area contributed by atoms with Crippen molar-refractivity contribution in [2.45, 2.75) is 57.6 Å². The van der Waals surface area contributed by atoms with Gasteiger partial charge in [0.05, 0.1) is 0 Å². The first-order valence-electron chi connectivity index (χ1n) is 6.34. The lowest BCUT2D eigenvalue weighted by Crippen LogP contribution is -2.54. The lowest BCUT2D eigenvalue weighted by atomic mass is 9.82. The van der Waals surface area contributed by atoms with Gasteiger partial charge in [-0.2, -0.15) is 0 Å². The molecule has 1 N–H and O–H groups in total. The van der Waals surface area contributed by atoms with Crippen molar-refractivity contribution in [3.63, 3.8) is 0 Å². The molecule has 0 spiro atoms. The van der Waals surface area contributed by atoms with Gasteiger partial charge in [-0.3, -0.25) is 0 Å². The minimum atomic E-state index is -0.661. The van der Waals surface area contributed by atoms with Gasteiger partial charge in [-0.15, -0.1) is 0 Å². The molecule has 0 aromatic carbocycles. The average molecular weight is 239 g/mol. The van der Waals surface area contributed by atoms with E-state index >= 15 is 0 Å². The number of fused-ring (bicyclic) bond motifs is 1. The van der Waals surface area contributed by atoms with E-state index in [9.17, 15) is 9.59 Å². The first kappa shape index (κ1) is 12.4. The maximum Gasteiger partial charge on any atom is 0.408 e. The summed E-state index contributed by atoms with van der Waals surface area (Å²) in [7, 11) is 0. The van der Waals surface area contributed by atoms with Crippen LogP contribution in [-0.4, -0.2) is 23.5 Å². The standard InChI is InChI=1S/C13H21NO3/c1-12(2,3)17-11(16)14-13(8-15)6-4-5-9-7-10(9)13/h8-10H,4-7H2,1-3H3,(H,14,16). The quantitative estimate of drug-likeness (QED) is 0.752. The van der Waals surface area contributed by atoms with E-state index in [2.05, 4.69) is 5.32 Å². The predicted octanol–water partition coefficient (Wildman–Crippen LogP) is 2.27. The molecule has 0 radical (unpaired) electrons. The van der Waals surface area contributed by atoms with Gasteiger partial charge in [0.1, 0.15) is 17.4 Å². The third kappa shape index (κ3) is 2.61. The highest BCUT2D eigenvalue weighted by atomic mass is 16.6. The van der Waals surface area contributed by atoms with E-state index in [4.69, 9.17) is 4.74 Å². The molecule has 3 unspecified atom stereocenters. The molecule has 1 amide bonds. The fraction of sp³-hybridized carbons (Fsp3) is 0.846. The van der Waals surface area contributed by atoms with Gasteiger partial charge < -0.3 is 14.8 Å². The molecule has 96 valence electrons. The van der Waals surface area contributed by atoms with Crippen molar-refractivity contribution in [3.05, 3.63) is 0 Å². The molecule has 0 aromatic heterocycles. The first-order chi connectivity index (χ1) is 7.86. The topological polar surface area (TPSA) is 55.4 Å². The van der Waals surface area contributed by atoms with Gasteiger partial charge in [0.15, 0.2) is 0 Å². The van der Waals surface area contributed by atoms with E-state index in [0.29, 0.717) is 11.8 Å². The summed E-state index contributed by atoms with van der Waals surface area (Å²) in [5.74, 6) is 0.963. The Kier molecular flexibility index (Phi) is 2.92. The average Bonchev–Trinajstić information content (AvgIpc) is 2.94. The highest BCUT2D eigenvalue weighted by Gasteiger charge is 2.56. The molecule has 0 aliphatic heterocycles. The minimum Gasteiger partial charge on any atom is -0.444 e. The number of nitrogens with one attached hydrogen (secondary N) is 1. The summed E-state index contributed by atoms with van der Waals surface area (Å²) >= 11 is 0. The van der Waals surface area contributed by atoms with E-state index in [1.54, 1.807) is 0 Å². The number of hydrogen-bond donors (Lipinski definition) is 1. The zero-order valence-corrected chi connectivity index (χ0v) is 10.8. The Bertz CT molecular complexity index is 334. The lowest BCUT2D eigenvalue weighted by Gasteiger charge is -2.33. The molecule has 2 aliphatic carbocycles. The number of hydrogen-bond acceptors (Lipinski definition) is 3.